The Labute approximate surface area is 175 Å². The highest BCUT2D eigenvalue weighted by Crippen LogP contribution is 2.23. The minimum atomic E-state index is -1.77. The maximum absolute atomic E-state index is 12.1. The number of carbonyl (C=O) groups is 4. The van der Waals surface area contributed by atoms with Gasteiger partial charge in [0.15, 0.2) is 12.4 Å². The molecule has 1 unspecified atom stereocenters. The first-order valence-electron chi connectivity index (χ1n) is 8.14. The van der Waals surface area contributed by atoms with Crippen molar-refractivity contribution in [3.05, 3.63) is 63.6 Å². The molecule has 0 saturated carbocycles. The highest BCUT2D eigenvalue weighted by atomic mass is 35.5. The summed E-state index contributed by atoms with van der Waals surface area (Å²) >= 11 is 11.7. The summed E-state index contributed by atoms with van der Waals surface area (Å²) in [5.41, 5.74) is 0.862. The Balaban J connectivity index is 1.95. The average Bonchev–Trinajstić information content (AvgIpc) is 2.68. The Morgan fingerprint density at radius 3 is 2.17 bits per heavy atom. The largest absolute Gasteiger partial charge is 0.485 e. The zero-order valence-corrected chi connectivity index (χ0v) is 16.2. The van der Waals surface area contributed by atoms with Crippen molar-refractivity contribution in [3.8, 4) is 5.75 Å². The van der Waals surface area contributed by atoms with Gasteiger partial charge < -0.3 is 20.3 Å². The molecule has 0 aliphatic carbocycles. The second-order valence-electron chi connectivity index (χ2n) is 5.86. The van der Waals surface area contributed by atoms with Crippen LogP contribution in [0, 0.1) is 0 Å². The number of halogens is 2. The predicted octanol–water partition coefficient (Wildman–Crippen LogP) is 2.45. The molecule has 0 radical (unpaired) electrons. The van der Waals surface area contributed by atoms with Crippen LogP contribution in [0.3, 0.4) is 0 Å². The van der Waals surface area contributed by atoms with Crippen molar-refractivity contribution in [3.63, 3.8) is 0 Å². The number of carbonyl (C=O) groups excluding carboxylic acids is 2. The molecule has 0 saturated heterocycles. The van der Waals surface area contributed by atoms with Crippen molar-refractivity contribution in [2.24, 2.45) is 0 Å². The van der Waals surface area contributed by atoms with Gasteiger partial charge in [0.25, 0.3) is 0 Å². The third-order valence-electron chi connectivity index (χ3n) is 3.77. The van der Waals surface area contributed by atoms with Gasteiger partial charge in [0, 0.05) is 12.0 Å². The summed E-state index contributed by atoms with van der Waals surface area (Å²) in [5, 5.41) is 20.2. The molecule has 2 rings (SSSR count). The van der Waals surface area contributed by atoms with E-state index in [2.05, 4.69) is 0 Å². The molecule has 8 nitrogen and oxygen atoms in total. The van der Waals surface area contributed by atoms with Crippen molar-refractivity contribution in [1.82, 2.24) is 5.32 Å². The number of amides is 1. The smallest absolute Gasteiger partial charge is 0.394 e. The Hall–Kier alpha value is -3.10. The standard InChI is InChI=1S/C19H15Cl2NO7/c20-13-6-3-11(8-14(13)21)16(23)9-29-12-4-1-10(2-5-12)7-15(18(25)26)22-17(24)19(27)28/h1-6,8,15H,7,9H2,(H,22,24)(H,25,26)(H,27,28). The molecule has 0 heterocycles. The van der Waals surface area contributed by atoms with Crippen LogP contribution < -0.4 is 10.1 Å². The normalized spacial score (nSPS) is 11.4. The van der Waals surface area contributed by atoms with Gasteiger partial charge in [0.1, 0.15) is 11.8 Å². The Morgan fingerprint density at radius 1 is 0.966 bits per heavy atom. The van der Waals surface area contributed by atoms with Gasteiger partial charge in [-0.15, -0.1) is 0 Å². The Bertz CT molecular complexity index is 944. The topological polar surface area (TPSA) is 130 Å². The Kier molecular flexibility index (Phi) is 7.58. The van der Waals surface area contributed by atoms with Crippen LogP contribution in [0.5, 0.6) is 5.75 Å². The molecular weight excluding hydrogens is 425 g/mol. The molecule has 0 aromatic heterocycles. The van der Waals surface area contributed by atoms with E-state index in [1.165, 1.54) is 30.3 Å². The lowest BCUT2D eigenvalue weighted by atomic mass is 10.1. The van der Waals surface area contributed by atoms with Crippen LogP contribution in [0.2, 0.25) is 10.0 Å². The van der Waals surface area contributed by atoms with Crippen molar-refractivity contribution in [2.45, 2.75) is 12.5 Å². The van der Waals surface area contributed by atoms with E-state index in [-0.39, 0.29) is 23.8 Å². The summed E-state index contributed by atoms with van der Waals surface area (Å²) in [6.45, 7) is -0.246. The zero-order valence-electron chi connectivity index (χ0n) is 14.7. The number of ether oxygens (including phenoxy) is 1. The Morgan fingerprint density at radius 2 is 1.62 bits per heavy atom. The van der Waals surface area contributed by atoms with E-state index in [9.17, 15) is 19.2 Å². The van der Waals surface area contributed by atoms with Gasteiger partial charge in [0.05, 0.1) is 10.0 Å². The maximum Gasteiger partial charge on any atom is 0.394 e. The van der Waals surface area contributed by atoms with E-state index in [4.69, 9.17) is 38.2 Å². The lowest BCUT2D eigenvalue weighted by molar-refractivity contribution is -0.152. The highest BCUT2D eigenvalue weighted by Gasteiger charge is 2.23. The van der Waals surface area contributed by atoms with Crippen molar-refractivity contribution in [2.75, 3.05) is 6.61 Å². The van der Waals surface area contributed by atoms with E-state index in [0.29, 0.717) is 21.9 Å². The summed E-state index contributed by atoms with van der Waals surface area (Å²) < 4.78 is 5.41. The molecular formula is C19H15Cl2NO7. The molecule has 0 aliphatic rings. The monoisotopic (exact) mass is 439 g/mol. The minimum Gasteiger partial charge on any atom is -0.485 e. The average molecular weight is 440 g/mol. The van der Waals surface area contributed by atoms with Crippen LogP contribution in [0.4, 0.5) is 0 Å². The first-order chi connectivity index (χ1) is 13.7. The van der Waals surface area contributed by atoms with Gasteiger partial charge in [-0.25, -0.2) is 9.59 Å². The number of Topliss-reactive ketones (excluding diaryl/α,β-unsaturated/α-hetero) is 1. The minimum absolute atomic E-state index is 0.128. The number of ketones is 1. The molecule has 0 bridgehead atoms. The number of carboxylic acid groups (broad SMARTS) is 2. The van der Waals surface area contributed by atoms with Crippen LogP contribution in [0.1, 0.15) is 15.9 Å². The lowest BCUT2D eigenvalue weighted by Gasteiger charge is -2.13. The van der Waals surface area contributed by atoms with Crippen LogP contribution in [0.25, 0.3) is 0 Å². The molecule has 29 heavy (non-hydrogen) atoms. The second kappa shape index (κ2) is 9.90. The summed E-state index contributed by atoms with van der Waals surface area (Å²) in [6.07, 6.45) is -0.128. The quantitative estimate of drug-likeness (QED) is 0.425. The number of hydrogen-bond acceptors (Lipinski definition) is 5. The van der Waals surface area contributed by atoms with E-state index in [1.807, 2.05) is 5.32 Å². The summed E-state index contributed by atoms with van der Waals surface area (Å²) in [6, 6.07) is 9.21. The first kappa shape index (κ1) is 22.2. The van der Waals surface area contributed by atoms with Gasteiger partial charge in [-0.3, -0.25) is 9.59 Å². The molecule has 1 amide bonds. The molecule has 0 aliphatic heterocycles. The molecule has 2 aromatic carbocycles. The molecule has 10 heteroatoms. The van der Waals surface area contributed by atoms with Crippen molar-refractivity contribution < 1.29 is 34.1 Å². The van der Waals surface area contributed by atoms with Gasteiger partial charge in [-0.1, -0.05) is 35.3 Å². The van der Waals surface area contributed by atoms with Crippen LogP contribution in [-0.4, -0.2) is 46.5 Å². The van der Waals surface area contributed by atoms with Crippen LogP contribution >= 0.6 is 23.2 Å². The molecule has 152 valence electrons. The SMILES string of the molecule is O=C(O)C(=O)NC(Cc1ccc(OCC(=O)c2ccc(Cl)c(Cl)c2)cc1)C(=O)O. The number of hydrogen-bond donors (Lipinski definition) is 3. The summed E-state index contributed by atoms with van der Waals surface area (Å²) in [7, 11) is 0. The van der Waals surface area contributed by atoms with Crippen molar-refractivity contribution >= 4 is 46.8 Å². The molecule has 2 aromatic rings. The third kappa shape index (κ3) is 6.48. The van der Waals surface area contributed by atoms with E-state index < -0.39 is 23.9 Å². The fourth-order valence-corrected chi connectivity index (χ4v) is 2.58. The third-order valence-corrected chi connectivity index (χ3v) is 4.51. The zero-order chi connectivity index (χ0) is 21.6. The maximum atomic E-state index is 12.1. The van der Waals surface area contributed by atoms with Crippen molar-refractivity contribution in [1.29, 1.82) is 0 Å². The number of benzene rings is 2. The van der Waals surface area contributed by atoms with Gasteiger partial charge in [0.2, 0.25) is 0 Å². The number of carboxylic acids is 2. The number of nitrogens with one attached hydrogen (secondary N) is 1. The summed E-state index contributed by atoms with van der Waals surface area (Å²) in [4.78, 5) is 45.1. The van der Waals surface area contributed by atoms with Gasteiger partial charge >= 0.3 is 17.8 Å². The fraction of sp³-hybridized carbons (Fsp3) is 0.158. The van der Waals surface area contributed by atoms with E-state index >= 15 is 0 Å². The molecule has 1 atom stereocenters. The van der Waals surface area contributed by atoms with E-state index in [1.54, 1.807) is 12.1 Å². The predicted molar refractivity (Wildman–Crippen MR) is 104 cm³/mol. The second-order valence-corrected chi connectivity index (χ2v) is 6.67. The molecule has 0 spiro atoms. The van der Waals surface area contributed by atoms with Gasteiger partial charge in [-0.2, -0.15) is 0 Å². The lowest BCUT2D eigenvalue weighted by Crippen LogP contribution is -2.45. The van der Waals surface area contributed by atoms with Gasteiger partial charge in [-0.05, 0) is 35.9 Å². The highest BCUT2D eigenvalue weighted by molar-refractivity contribution is 6.42. The number of rotatable bonds is 8. The van der Waals surface area contributed by atoms with Crippen LogP contribution in [0.15, 0.2) is 42.5 Å². The first-order valence-corrected chi connectivity index (χ1v) is 8.89. The van der Waals surface area contributed by atoms with E-state index in [0.717, 1.165) is 0 Å². The summed E-state index contributed by atoms with van der Waals surface area (Å²) in [5.74, 6) is -4.49. The number of aliphatic carboxylic acids is 2. The molecule has 3 N–H and O–H groups in total. The van der Waals surface area contributed by atoms with Crippen LogP contribution in [-0.2, 0) is 20.8 Å². The molecule has 0 fully saturated rings. The fourth-order valence-electron chi connectivity index (χ4n) is 2.28.